The van der Waals surface area contributed by atoms with Gasteiger partial charge in [0.15, 0.2) is 5.82 Å². The van der Waals surface area contributed by atoms with Crippen LogP contribution in [-0.4, -0.2) is 29.2 Å². The minimum absolute atomic E-state index is 0.206. The third kappa shape index (κ3) is 2.54. The molecule has 0 amide bonds. The number of halogens is 1. The summed E-state index contributed by atoms with van der Waals surface area (Å²) in [5, 5.41) is 3.48. The number of nitrogen functional groups attached to an aromatic ring is 1. The molecule has 1 saturated carbocycles. The van der Waals surface area contributed by atoms with Gasteiger partial charge in [0.2, 0.25) is 5.28 Å². The van der Waals surface area contributed by atoms with Crippen LogP contribution >= 0.6 is 11.6 Å². The molecule has 0 aliphatic heterocycles. The SMILES string of the molecule is COC1CCC(Nc2nc(Cl)ncc2N)C1. The molecule has 0 spiro atoms. The largest absolute Gasteiger partial charge is 0.394 e. The predicted molar refractivity (Wildman–Crippen MR) is 63.5 cm³/mol. The second-order valence-electron chi connectivity index (χ2n) is 3.96. The van der Waals surface area contributed by atoms with Crippen LogP contribution in [0.4, 0.5) is 11.5 Å². The Bertz CT molecular complexity index is 374. The molecule has 3 N–H and O–H groups in total. The van der Waals surface area contributed by atoms with E-state index in [4.69, 9.17) is 22.1 Å². The standard InChI is InChI=1S/C10H15ClN4O/c1-16-7-3-2-6(4-7)14-9-8(12)5-13-10(11)15-9/h5-7H,2-4,12H2,1H3,(H,13,14,15). The molecular formula is C10H15ClN4O. The number of hydrogen-bond acceptors (Lipinski definition) is 5. The highest BCUT2D eigenvalue weighted by molar-refractivity contribution is 6.28. The number of rotatable bonds is 3. The van der Waals surface area contributed by atoms with Crippen LogP contribution in [0.25, 0.3) is 0 Å². The average molecular weight is 243 g/mol. The van der Waals surface area contributed by atoms with Crippen molar-refractivity contribution in [3.63, 3.8) is 0 Å². The van der Waals surface area contributed by atoms with Gasteiger partial charge in [-0.25, -0.2) is 4.98 Å². The van der Waals surface area contributed by atoms with Crippen LogP contribution in [0, 0.1) is 0 Å². The lowest BCUT2D eigenvalue weighted by Crippen LogP contribution is -2.19. The molecule has 1 fully saturated rings. The first-order valence-electron chi connectivity index (χ1n) is 5.26. The van der Waals surface area contributed by atoms with Gasteiger partial charge in [0.25, 0.3) is 0 Å². The van der Waals surface area contributed by atoms with Gasteiger partial charge in [-0.3, -0.25) is 0 Å². The van der Waals surface area contributed by atoms with Crippen LogP contribution in [-0.2, 0) is 4.74 Å². The van der Waals surface area contributed by atoms with Crippen LogP contribution in [0.15, 0.2) is 6.20 Å². The lowest BCUT2D eigenvalue weighted by Gasteiger charge is -2.14. The van der Waals surface area contributed by atoms with E-state index in [2.05, 4.69) is 15.3 Å². The first kappa shape index (κ1) is 11.4. The zero-order valence-corrected chi connectivity index (χ0v) is 9.87. The molecule has 1 aromatic rings. The molecule has 0 saturated heterocycles. The molecule has 16 heavy (non-hydrogen) atoms. The normalized spacial score (nSPS) is 24.6. The van der Waals surface area contributed by atoms with Crippen molar-refractivity contribution in [2.24, 2.45) is 0 Å². The van der Waals surface area contributed by atoms with Crippen LogP contribution in [0.3, 0.4) is 0 Å². The second-order valence-corrected chi connectivity index (χ2v) is 4.29. The maximum absolute atomic E-state index is 5.76. The highest BCUT2D eigenvalue weighted by Crippen LogP contribution is 2.26. The molecule has 2 atom stereocenters. The maximum Gasteiger partial charge on any atom is 0.224 e. The van der Waals surface area contributed by atoms with Gasteiger partial charge in [0.1, 0.15) is 0 Å². The summed E-state index contributed by atoms with van der Waals surface area (Å²) >= 11 is 5.72. The molecule has 6 heteroatoms. The number of nitrogens with zero attached hydrogens (tertiary/aromatic N) is 2. The van der Waals surface area contributed by atoms with E-state index in [0.717, 1.165) is 19.3 Å². The van der Waals surface area contributed by atoms with Crippen molar-refractivity contribution < 1.29 is 4.74 Å². The fraction of sp³-hybridized carbons (Fsp3) is 0.600. The summed E-state index contributed by atoms with van der Waals surface area (Å²) < 4.78 is 5.30. The Hall–Kier alpha value is -1.07. The lowest BCUT2D eigenvalue weighted by molar-refractivity contribution is 0.108. The predicted octanol–water partition coefficient (Wildman–Crippen LogP) is 1.69. The molecular weight excluding hydrogens is 228 g/mol. The fourth-order valence-electron chi connectivity index (χ4n) is 1.96. The molecule has 2 unspecified atom stereocenters. The van der Waals surface area contributed by atoms with Gasteiger partial charge in [-0.2, -0.15) is 4.98 Å². The summed E-state index contributed by atoms with van der Waals surface area (Å²) in [6.07, 6.45) is 4.93. The maximum atomic E-state index is 5.76. The Kier molecular flexibility index (Phi) is 3.46. The van der Waals surface area contributed by atoms with Crippen molar-refractivity contribution in [3.05, 3.63) is 11.5 Å². The van der Waals surface area contributed by atoms with E-state index >= 15 is 0 Å². The first-order valence-corrected chi connectivity index (χ1v) is 5.64. The Morgan fingerprint density at radius 3 is 3.06 bits per heavy atom. The minimum Gasteiger partial charge on any atom is -0.394 e. The number of nitrogens with two attached hydrogens (primary N) is 1. The van der Waals surface area contributed by atoms with Crippen LogP contribution in [0.5, 0.6) is 0 Å². The quantitative estimate of drug-likeness (QED) is 0.790. The van der Waals surface area contributed by atoms with Gasteiger partial charge in [0, 0.05) is 13.2 Å². The summed E-state index contributed by atoms with van der Waals surface area (Å²) in [5.41, 5.74) is 6.28. The molecule has 1 aliphatic carbocycles. The smallest absolute Gasteiger partial charge is 0.224 e. The van der Waals surface area contributed by atoms with Crippen molar-refractivity contribution in [3.8, 4) is 0 Å². The zero-order chi connectivity index (χ0) is 11.5. The number of anilines is 2. The molecule has 1 heterocycles. The first-order chi connectivity index (χ1) is 7.69. The van der Waals surface area contributed by atoms with E-state index in [1.54, 1.807) is 7.11 Å². The number of ether oxygens (including phenoxy) is 1. The van der Waals surface area contributed by atoms with Crippen molar-refractivity contribution in [1.82, 2.24) is 9.97 Å². The molecule has 1 aliphatic rings. The van der Waals surface area contributed by atoms with Crippen LogP contribution in [0.1, 0.15) is 19.3 Å². The van der Waals surface area contributed by atoms with E-state index in [-0.39, 0.29) is 5.28 Å². The Morgan fingerprint density at radius 1 is 1.56 bits per heavy atom. The van der Waals surface area contributed by atoms with Crippen molar-refractivity contribution in [2.75, 3.05) is 18.2 Å². The van der Waals surface area contributed by atoms with Gasteiger partial charge < -0.3 is 15.8 Å². The monoisotopic (exact) mass is 242 g/mol. The van der Waals surface area contributed by atoms with E-state index in [9.17, 15) is 0 Å². The third-order valence-corrected chi connectivity index (χ3v) is 3.03. The zero-order valence-electron chi connectivity index (χ0n) is 9.11. The average Bonchev–Trinajstić information content (AvgIpc) is 2.71. The van der Waals surface area contributed by atoms with Gasteiger partial charge in [0.05, 0.1) is 18.0 Å². The number of hydrogen-bond donors (Lipinski definition) is 2. The van der Waals surface area contributed by atoms with E-state index < -0.39 is 0 Å². The fourth-order valence-corrected chi connectivity index (χ4v) is 2.10. The van der Waals surface area contributed by atoms with Crippen LogP contribution < -0.4 is 11.1 Å². The van der Waals surface area contributed by atoms with Gasteiger partial charge in [-0.05, 0) is 30.9 Å². The van der Waals surface area contributed by atoms with E-state index in [1.165, 1.54) is 6.20 Å². The van der Waals surface area contributed by atoms with Crippen LogP contribution in [0.2, 0.25) is 5.28 Å². The number of aromatic nitrogens is 2. The van der Waals surface area contributed by atoms with Gasteiger partial charge in [-0.15, -0.1) is 0 Å². The summed E-state index contributed by atoms with van der Waals surface area (Å²) in [6, 6.07) is 0.346. The summed E-state index contributed by atoms with van der Waals surface area (Å²) in [7, 11) is 1.74. The Morgan fingerprint density at radius 2 is 2.38 bits per heavy atom. The number of methoxy groups -OCH3 is 1. The molecule has 2 rings (SSSR count). The minimum atomic E-state index is 0.206. The lowest BCUT2D eigenvalue weighted by atomic mass is 10.2. The molecule has 1 aromatic heterocycles. The highest BCUT2D eigenvalue weighted by atomic mass is 35.5. The van der Waals surface area contributed by atoms with E-state index in [1.807, 2.05) is 0 Å². The molecule has 0 aromatic carbocycles. The van der Waals surface area contributed by atoms with E-state index in [0.29, 0.717) is 23.7 Å². The summed E-state index contributed by atoms with van der Waals surface area (Å²) in [5.74, 6) is 0.613. The molecule has 0 bridgehead atoms. The summed E-state index contributed by atoms with van der Waals surface area (Å²) in [6.45, 7) is 0. The second kappa shape index (κ2) is 4.84. The van der Waals surface area contributed by atoms with Crippen molar-refractivity contribution in [2.45, 2.75) is 31.4 Å². The Balaban J connectivity index is 2.01. The Labute approximate surface area is 99.4 Å². The van der Waals surface area contributed by atoms with Gasteiger partial charge in [-0.1, -0.05) is 0 Å². The summed E-state index contributed by atoms with van der Waals surface area (Å²) in [4.78, 5) is 7.87. The van der Waals surface area contributed by atoms with Crippen molar-refractivity contribution >= 4 is 23.1 Å². The topological polar surface area (TPSA) is 73.1 Å². The van der Waals surface area contributed by atoms with Crippen molar-refractivity contribution in [1.29, 1.82) is 0 Å². The molecule has 0 radical (unpaired) electrons. The molecule has 5 nitrogen and oxygen atoms in total. The highest BCUT2D eigenvalue weighted by Gasteiger charge is 2.25. The van der Waals surface area contributed by atoms with Gasteiger partial charge >= 0.3 is 0 Å². The molecule has 88 valence electrons. The number of nitrogens with one attached hydrogen (secondary N) is 1. The third-order valence-electron chi connectivity index (χ3n) is 2.85.